The Balaban J connectivity index is 2.07. The van der Waals surface area contributed by atoms with E-state index in [2.05, 4.69) is 4.72 Å². The van der Waals surface area contributed by atoms with Gasteiger partial charge >= 0.3 is 0 Å². The Morgan fingerprint density at radius 2 is 2.13 bits per heavy atom. The van der Waals surface area contributed by atoms with Crippen LogP contribution in [-0.4, -0.2) is 32.8 Å². The highest BCUT2D eigenvalue weighted by Gasteiger charge is 2.26. The molecule has 0 saturated heterocycles. The SMILES string of the molecule is COc1ccc(S(=O)(=O)NC[C@@](C)(O)Cc2ccco2)cc1Cl. The van der Waals surface area contributed by atoms with E-state index in [-0.39, 0.29) is 22.9 Å². The van der Waals surface area contributed by atoms with Crippen LogP contribution >= 0.6 is 11.6 Å². The zero-order valence-corrected chi connectivity index (χ0v) is 14.3. The summed E-state index contributed by atoms with van der Waals surface area (Å²) in [5.41, 5.74) is -1.29. The molecule has 6 nitrogen and oxygen atoms in total. The topological polar surface area (TPSA) is 88.8 Å². The van der Waals surface area contributed by atoms with Gasteiger partial charge in [0, 0.05) is 13.0 Å². The van der Waals surface area contributed by atoms with Crippen molar-refractivity contribution in [2.75, 3.05) is 13.7 Å². The molecule has 8 heteroatoms. The summed E-state index contributed by atoms with van der Waals surface area (Å²) < 4.78 is 37.1. The number of aliphatic hydroxyl groups is 1. The molecule has 0 fully saturated rings. The Bertz CT molecular complexity index is 756. The van der Waals surface area contributed by atoms with Crippen LogP contribution in [0.1, 0.15) is 12.7 Å². The van der Waals surface area contributed by atoms with E-state index in [1.807, 2.05) is 0 Å². The van der Waals surface area contributed by atoms with Crippen LogP contribution in [0.4, 0.5) is 0 Å². The van der Waals surface area contributed by atoms with Crippen LogP contribution in [0.25, 0.3) is 0 Å². The molecule has 1 aromatic carbocycles. The number of sulfonamides is 1. The number of nitrogens with one attached hydrogen (secondary N) is 1. The van der Waals surface area contributed by atoms with Crippen molar-refractivity contribution in [3.05, 3.63) is 47.4 Å². The molecule has 126 valence electrons. The van der Waals surface area contributed by atoms with Gasteiger partial charge in [-0.25, -0.2) is 13.1 Å². The van der Waals surface area contributed by atoms with Gasteiger partial charge in [0.15, 0.2) is 0 Å². The minimum absolute atomic E-state index is 0.00269. The average molecular weight is 360 g/mol. The van der Waals surface area contributed by atoms with Gasteiger partial charge in [-0.1, -0.05) is 11.6 Å². The summed E-state index contributed by atoms with van der Waals surface area (Å²) in [7, 11) is -2.36. The highest BCUT2D eigenvalue weighted by atomic mass is 35.5. The third-order valence-electron chi connectivity index (χ3n) is 3.21. The third kappa shape index (κ3) is 4.71. The van der Waals surface area contributed by atoms with Gasteiger partial charge in [-0.05, 0) is 37.3 Å². The Hall–Kier alpha value is -1.54. The number of ether oxygens (including phenoxy) is 1. The van der Waals surface area contributed by atoms with Crippen molar-refractivity contribution < 1.29 is 22.7 Å². The van der Waals surface area contributed by atoms with Crippen LogP contribution in [0.15, 0.2) is 45.9 Å². The van der Waals surface area contributed by atoms with Crippen molar-refractivity contribution in [3.8, 4) is 5.75 Å². The van der Waals surface area contributed by atoms with Gasteiger partial charge in [0.25, 0.3) is 0 Å². The predicted octanol–water partition coefficient (Wildman–Crippen LogP) is 2.21. The second-order valence-corrected chi connectivity index (χ2v) is 7.55. The van der Waals surface area contributed by atoms with Crippen LogP contribution in [0.2, 0.25) is 5.02 Å². The van der Waals surface area contributed by atoms with Crippen molar-refractivity contribution in [2.45, 2.75) is 23.8 Å². The molecule has 1 atom stereocenters. The fourth-order valence-corrected chi connectivity index (χ4v) is 3.51. The van der Waals surface area contributed by atoms with Crippen LogP contribution < -0.4 is 9.46 Å². The second-order valence-electron chi connectivity index (χ2n) is 5.37. The highest BCUT2D eigenvalue weighted by molar-refractivity contribution is 7.89. The van der Waals surface area contributed by atoms with Gasteiger partial charge < -0.3 is 14.3 Å². The van der Waals surface area contributed by atoms with E-state index >= 15 is 0 Å². The quantitative estimate of drug-likeness (QED) is 0.791. The van der Waals surface area contributed by atoms with Crippen LogP contribution in [0.5, 0.6) is 5.75 Å². The smallest absolute Gasteiger partial charge is 0.240 e. The lowest BCUT2D eigenvalue weighted by molar-refractivity contribution is 0.0603. The lowest BCUT2D eigenvalue weighted by Crippen LogP contribution is -2.42. The summed E-state index contributed by atoms with van der Waals surface area (Å²) in [6, 6.07) is 7.57. The third-order valence-corrected chi connectivity index (χ3v) is 4.91. The standard InChI is InChI=1S/C15H18ClNO5S/c1-15(18,9-11-4-3-7-22-11)10-17-23(19,20)12-5-6-14(21-2)13(16)8-12/h3-8,17-18H,9-10H2,1-2H3/t15-/m0/s1. The summed E-state index contributed by atoms with van der Waals surface area (Å²) in [4.78, 5) is -0.00269. The maximum Gasteiger partial charge on any atom is 0.240 e. The molecule has 0 spiro atoms. The monoisotopic (exact) mass is 359 g/mol. The fraction of sp³-hybridized carbons (Fsp3) is 0.333. The number of hydrogen-bond donors (Lipinski definition) is 2. The second kappa shape index (κ2) is 6.92. The van der Waals surface area contributed by atoms with Gasteiger partial charge in [0.2, 0.25) is 10.0 Å². The van der Waals surface area contributed by atoms with Crippen molar-refractivity contribution in [3.63, 3.8) is 0 Å². The Labute approximate surface area is 140 Å². The molecule has 0 aliphatic rings. The van der Waals surface area contributed by atoms with Gasteiger partial charge in [0.1, 0.15) is 11.5 Å². The molecule has 2 N–H and O–H groups in total. The molecule has 0 radical (unpaired) electrons. The molecule has 0 unspecified atom stereocenters. The van der Waals surface area contributed by atoms with E-state index in [0.717, 1.165) is 0 Å². The maximum absolute atomic E-state index is 12.3. The van der Waals surface area contributed by atoms with Crippen molar-refractivity contribution in [2.24, 2.45) is 0 Å². The first-order chi connectivity index (χ1) is 10.7. The number of benzene rings is 1. The summed E-state index contributed by atoms with van der Waals surface area (Å²) >= 11 is 5.94. The van der Waals surface area contributed by atoms with E-state index < -0.39 is 15.6 Å². The maximum atomic E-state index is 12.3. The molecule has 0 saturated carbocycles. The first-order valence-electron chi connectivity index (χ1n) is 6.81. The van der Waals surface area contributed by atoms with Crippen molar-refractivity contribution >= 4 is 21.6 Å². The predicted molar refractivity (Wildman–Crippen MR) is 86.2 cm³/mol. The number of rotatable bonds is 7. The van der Waals surface area contributed by atoms with Crippen LogP contribution in [0, 0.1) is 0 Å². The molecular weight excluding hydrogens is 342 g/mol. The zero-order valence-electron chi connectivity index (χ0n) is 12.7. The normalized spacial score (nSPS) is 14.4. The van der Waals surface area contributed by atoms with Gasteiger partial charge in [-0.3, -0.25) is 0 Å². The Morgan fingerprint density at radius 3 is 2.70 bits per heavy atom. The highest BCUT2D eigenvalue weighted by Crippen LogP contribution is 2.27. The molecule has 0 amide bonds. The summed E-state index contributed by atoms with van der Waals surface area (Å²) in [5, 5.41) is 10.5. The number of methoxy groups -OCH3 is 1. The minimum atomic E-state index is -3.80. The summed E-state index contributed by atoms with van der Waals surface area (Å²) in [6.07, 6.45) is 1.68. The van der Waals surface area contributed by atoms with E-state index in [4.69, 9.17) is 20.8 Å². The lowest BCUT2D eigenvalue weighted by Gasteiger charge is -2.22. The zero-order chi connectivity index (χ0) is 17.1. The fourth-order valence-electron chi connectivity index (χ4n) is 2.00. The van der Waals surface area contributed by atoms with Gasteiger partial charge in [-0.15, -0.1) is 0 Å². The minimum Gasteiger partial charge on any atom is -0.495 e. The number of hydrogen-bond acceptors (Lipinski definition) is 5. The molecule has 2 rings (SSSR count). The number of halogens is 1. The molecule has 2 aromatic rings. The largest absolute Gasteiger partial charge is 0.495 e. The average Bonchev–Trinajstić information content (AvgIpc) is 2.97. The van der Waals surface area contributed by atoms with Crippen LogP contribution in [0.3, 0.4) is 0 Å². The summed E-state index contributed by atoms with van der Waals surface area (Å²) in [6.45, 7) is 1.36. The molecule has 1 aromatic heterocycles. The Morgan fingerprint density at radius 1 is 1.39 bits per heavy atom. The molecule has 0 aliphatic heterocycles. The first-order valence-corrected chi connectivity index (χ1v) is 8.68. The molecular formula is C15H18ClNO5S. The lowest BCUT2D eigenvalue weighted by atomic mass is 10.0. The molecule has 1 heterocycles. The summed E-state index contributed by atoms with van der Waals surface area (Å²) in [5.74, 6) is 0.956. The molecule has 0 bridgehead atoms. The van der Waals surface area contributed by atoms with E-state index in [0.29, 0.717) is 11.5 Å². The van der Waals surface area contributed by atoms with Crippen LogP contribution in [-0.2, 0) is 16.4 Å². The Kier molecular flexibility index (Phi) is 5.36. The molecule has 23 heavy (non-hydrogen) atoms. The van der Waals surface area contributed by atoms with Gasteiger partial charge in [0.05, 0.1) is 28.9 Å². The number of furan rings is 1. The first kappa shape index (κ1) is 17.8. The molecule has 0 aliphatic carbocycles. The van der Waals surface area contributed by atoms with Crippen molar-refractivity contribution in [1.29, 1.82) is 0 Å². The van der Waals surface area contributed by atoms with E-state index in [1.54, 1.807) is 12.1 Å². The van der Waals surface area contributed by atoms with E-state index in [9.17, 15) is 13.5 Å². The van der Waals surface area contributed by atoms with Gasteiger partial charge in [-0.2, -0.15) is 0 Å². The van der Waals surface area contributed by atoms with Crippen molar-refractivity contribution in [1.82, 2.24) is 4.72 Å². The van der Waals surface area contributed by atoms with E-state index in [1.165, 1.54) is 38.5 Å².